The van der Waals surface area contributed by atoms with Crippen LogP contribution in [0.4, 0.5) is 0 Å². The molecule has 0 spiro atoms. The van der Waals surface area contributed by atoms with Gasteiger partial charge in [0.25, 0.3) is 0 Å². The Bertz CT molecular complexity index is 680. The molecule has 29 heavy (non-hydrogen) atoms. The lowest BCUT2D eigenvalue weighted by atomic mass is 9.95. The van der Waals surface area contributed by atoms with E-state index >= 15 is 0 Å². The van der Waals surface area contributed by atoms with Crippen LogP contribution in [0.2, 0.25) is 0 Å². The van der Waals surface area contributed by atoms with Gasteiger partial charge >= 0.3 is 0 Å². The van der Waals surface area contributed by atoms with Crippen LogP contribution in [0.5, 0.6) is 0 Å². The number of hydrogen-bond acceptors (Lipinski definition) is 4. The lowest BCUT2D eigenvalue weighted by Gasteiger charge is -2.36. The van der Waals surface area contributed by atoms with Crippen molar-refractivity contribution in [3.63, 3.8) is 0 Å². The fourth-order valence-electron chi connectivity index (χ4n) is 4.29. The van der Waals surface area contributed by atoms with Crippen LogP contribution in [0.25, 0.3) is 0 Å². The average molecular weight is 402 g/mol. The average Bonchev–Trinajstić information content (AvgIpc) is 3.22. The van der Waals surface area contributed by atoms with Crippen molar-refractivity contribution in [2.75, 3.05) is 39.3 Å². The number of aryl methyl sites for hydroxylation is 1. The number of rotatable bonds is 8. The monoisotopic (exact) mass is 401 g/mol. The third kappa shape index (κ3) is 6.82. The Labute approximate surface area is 174 Å². The van der Waals surface area contributed by atoms with Crippen LogP contribution in [-0.2, 0) is 20.9 Å². The van der Waals surface area contributed by atoms with Gasteiger partial charge in [0.2, 0.25) is 11.8 Å². The highest BCUT2D eigenvalue weighted by Gasteiger charge is 2.27. The molecule has 6 heteroatoms. The number of benzene rings is 1. The van der Waals surface area contributed by atoms with Gasteiger partial charge in [-0.3, -0.25) is 14.5 Å². The Morgan fingerprint density at radius 3 is 2.59 bits per heavy atom. The number of piperidine rings is 1. The third-order valence-corrected chi connectivity index (χ3v) is 6.13. The van der Waals surface area contributed by atoms with E-state index in [1.807, 2.05) is 4.90 Å². The summed E-state index contributed by atoms with van der Waals surface area (Å²) in [6, 6.07) is 8.58. The summed E-state index contributed by atoms with van der Waals surface area (Å²) in [6.45, 7) is 9.01. The van der Waals surface area contributed by atoms with Crippen LogP contribution in [0, 0.1) is 12.8 Å². The molecule has 0 aromatic heterocycles. The summed E-state index contributed by atoms with van der Waals surface area (Å²) >= 11 is 0. The molecule has 0 radical (unpaired) electrons. The van der Waals surface area contributed by atoms with Crippen LogP contribution in [0.1, 0.15) is 43.7 Å². The summed E-state index contributed by atoms with van der Waals surface area (Å²) in [7, 11) is 0. The number of nitrogens with zero attached hydrogens (tertiary/aromatic N) is 2. The Morgan fingerprint density at radius 2 is 1.93 bits per heavy atom. The van der Waals surface area contributed by atoms with E-state index < -0.39 is 0 Å². The van der Waals surface area contributed by atoms with Gasteiger partial charge in [-0.25, -0.2) is 0 Å². The first-order valence-electron chi connectivity index (χ1n) is 10.9. The summed E-state index contributed by atoms with van der Waals surface area (Å²) in [6.07, 6.45) is 4.41. The lowest BCUT2D eigenvalue weighted by molar-refractivity contribution is -0.134. The van der Waals surface area contributed by atoms with Gasteiger partial charge in [0.05, 0.1) is 12.6 Å². The van der Waals surface area contributed by atoms with Gasteiger partial charge in [0.15, 0.2) is 0 Å². The second-order valence-corrected chi connectivity index (χ2v) is 8.49. The number of amides is 2. The van der Waals surface area contributed by atoms with E-state index in [2.05, 4.69) is 41.4 Å². The molecule has 1 unspecified atom stereocenters. The molecule has 1 aromatic carbocycles. The molecule has 3 rings (SSSR count). The quantitative estimate of drug-likeness (QED) is 0.726. The van der Waals surface area contributed by atoms with Crippen LogP contribution >= 0.6 is 0 Å². The van der Waals surface area contributed by atoms with Gasteiger partial charge in [0.1, 0.15) is 0 Å². The molecule has 2 saturated heterocycles. The predicted octanol–water partition coefficient (Wildman–Crippen LogP) is 2.35. The van der Waals surface area contributed by atoms with E-state index in [9.17, 15) is 9.59 Å². The highest BCUT2D eigenvalue weighted by Crippen LogP contribution is 2.22. The largest absolute Gasteiger partial charge is 0.376 e. The molecule has 2 amide bonds. The van der Waals surface area contributed by atoms with Crippen LogP contribution < -0.4 is 5.32 Å². The van der Waals surface area contributed by atoms with Gasteiger partial charge in [-0.05, 0) is 62.7 Å². The Kier molecular flexibility index (Phi) is 8.07. The van der Waals surface area contributed by atoms with E-state index in [1.165, 1.54) is 18.1 Å². The van der Waals surface area contributed by atoms with E-state index in [-0.39, 0.29) is 24.5 Å². The minimum Gasteiger partial charge on any atom is -0.376 e. The van der Waals surface area contributed by atoms with Crippen molar-refractivity contribution in [1.82, 2.24) is 15.1 Å². The van der Waals surface area contributed by atoms with Gasteiger partial charge in [-0.2, -0.15) is 0 Å². The van der Waals surface area contributed by atoms with E-state index in [4.69, 9.17) is 4.74 Å². The lowest BCUT2D eigenvalue weighted by Crippen LogP contribution is -2.46. The number of carbonyl (C=O) groups excluding carboxylic acids is 2. The Balaban J connectivity index is 1.50. The maximum atomic E-state index is 12.7. The van der Waals surface area contributed by atoms with Crippen molar-refractivity contribution in [2.45, 2.75) is 52.2 Å². The molecule has 1 N–H and O–H groups in total. The van der Waals surface area contributed by atoms with Gasteiger partial charge in [0, 0.05) is 33.2 Å². The zero-order valence-corrected chi connectivity index (χ0v) is 17.9. The van der Waals surface area contributed by atoms with Crippen molar-refractivity contribution < 1.29 is 14.3 Å². The van der Waals surface area contributed by atoms with Crippen LogP contribution in [-0.4, -0.2) is 67.0 Å². The third-order valence-electron chi connectivity index (χ3n) is 6.13. The highest BCUT2D eigenvalue weighted by molar-refractivity contribution is 5.83. The fraction of sp³-hybridized carbons (Fsp3) is 0.652. The number of hydrogen-bond donors (Lipinski definition) is 1. The van der Waals surface area contributed by atoms with Gasteiger partial charge in [-0.15, -0.1) is 0 Å². The Hall–Kier alpha value is -1.92. The number of likely N-dealkylation sites (tertiary alicyclic amines) is 1. The molecule has 1 aromatic rings. The highest BCUT2D eigenvalue weighted by atomic mass is 16.5. The van der Waals surface area contributed by atoms with Crippen LogP contribution in [0.3, 0.4) is 0 Å². The molecule has 0 bridgehead atoms. The second-order valence-electron chi connectivity index (χ2n) is 8.49. The van der Waals surface area contributed by atoms with Gasteiger partial charge in [-0.1, -0.05) is 24.3 Å². The molecule has 0 saturated carbocycles. The second kappa shape index (κ2) is 10.7. The molecule has 6 nitrogen and oxygen atoms in total. The zero-order valence-electron chi connectivity index (χ0n) is 17.9. The summed E-state index contributed by atoms with van der Waals surface area (Å²) < 4.78 is 5.75. The fourth-order valence-corrected chi connectivity index (χ4v) is 4.29. The number of nitrogens with one attached hydrogen (secondary N) is 1. The molecule has 0 aliphatic carbocycles. The molecule has 160 valence electrons. The van der Waals surface area contributed by atoms with E-state index in [0.29, 0.717) is 12.5 Å². The molecule has 2 aliphatic rings. The van der Waals surface area contributed by atoms with Crippen molar-refractivity contribution in [2.24, 2.45) is 5.92 Å². The molecule has 1 atom stereocenters. The first kappa shape index (κ1) is 21.8. The SMILES string of the molecule is CC(=O)NCC(=O)N(CC1CCN(Cc2ccccc2C)CC1)CC1CCCO1. The zero-order chi connectivity index (χ0) is 20.6. The van der Waals surface area contributed by atoms with Gasteiger partial charge < -0.3 is 15.0 Å². The number of carbonyl (C=O) groups is 2. The summed E-state index contributed by atoms with van der Waals surface area (Å²) in [5, 5.41) is 2.65. The summed E-state index contributed by atoms with van der Waals surface area (Å²) in [5.74, 6) is 0.337. The summed E-state index contributed by atoms with van der Waals surface area (Å²) in [4.78, 5) is 28.3. The van der Waals surface area contributed by atoms with Crippen LogP contribution in [0.15, 0.2) is 24.3 Å². The minimum absolute atomic E-state index is 0.00181. The normalized spacial score (nSPS) is 20.6. The van der Waals surface area contributed by atoms with Crippen molar-refractivity contribution in [3.05, 3.63) is 35.4 Å². The van der Waals surface area contributed by atoms with E-state index in [1.54, 1.807) is 0 Å². The first-order chi connectivity index (χ1) is 14.0. The summed E-state index contributed by atoms with van der Waals surface area (Å²) in [5.41, 5.74) is 2.75. The maximum absolute atomic E-state index is 12.7. The molecular weight excluding hydrogens is 366 g/mol. The maximum Gasteiger partial charge on any atom is 0.242 e. The molecular formula is C23H35N3O3. The first-order valence-corrected chi connectivity index (χ1v) is 10.9. The van der Waals surface area contributed by atoms with Crippen molar-refractivity contribution >= 4 is 11.8 Å². The molecule has 2 heterocycles. The van der Waals surface area contributed by atoms with Crippen molar-refractivity contribution in [3.8, 4) is 0 Å². The van der Waals surface area contributed by atoms with Crippen molar-refractivity contribution in [1.29, 1.82) is 0 Å². The Morgan fingerprint density at radius 1 is 1.17 bits per heavy atom. The predicted molar refractivity (Wildman–Crippen MR) is 113 cm³/mol. The molecule has 2 fully saturated rings. The smallest absolute Gasteiger partial charge is 0.242 e. The number of ether oxygens (including phenoxy) is 1. The van der Waals surface area contributed by atoms with E-state index in [0.717, 1.165) is 58.5 Å². The molecule has 2 aliphatic heterocycles. The topological polar surface area (TPSA) is 61.9 Å². The standard InChI is InChI=1S/C23H35N3O3/c1-18-6-3-4-7-21(18)16-25-11-9-20(10-12-25)15-26(17-22-8-5-13-29-22)23(28)14-24-19(2)27/h3-4,6-7,20,22H,5,8-17H2,1-2H3,(H,24,27). The minimum atomic E-state index is -0.167.